The molecule has 0 bridgehead atoms. The van der Waals surface area contributed by atoms with E-state index in [1.165, 1.54) is 4.57 Å². The lowest BCUT2D eigenvalue weighted by Gasteiger charge is -2.13. The number of nitrogens with zero attached hydrogens (tertiary/aromatic N) is 3. The van der Waals surface area contributed by atoms with Crippen molar-refractivity contribution in [2.24, 2.45) is 11.5 Å². The third kappa shape index (κ3) is 4.35. The van der Waals surface area contributed by atoms with E-state index in [0.717, 1.165) is 0 Å². The third-order valence-electron chi connectivity index (χ3n) is 2.79. The molecule has 1 aromatic heterocycles. The Morgan fingerprint density at radius 2 is 2.00 bits per heavy atom. The summed E-state index contributed by atoms with van der Waals surface area (Å²) in [4.78, 5) is 22.4. The lowest BCUT2D eigenvalue weighted by molar-refractivity contribution is -0.629. The van der Waals surface area contributed by atoms with E-state index in [-0.39, 0.29) is 12.5 Å². The minimum absolute atomic E-state index is 0.0206. The number of rotatable bonds is 7. The zero-order valence-electron chi connectivity index (χ0n) is 10.9. The van der Waals surface area contributed by atoms with Gasteiger partial charge in [-0.05, 0) is 31.4 Å². The molecule has 0 amide bonds. The first-order chi connectivity index (χ1) is 9.43. The molecule has 0 aliphatic carbocycles. The second-order valence-corrected chi connectivity index (χ2v) is 4.28. The van der Waals surface area contributed by atoms with Crippen LogP contribution in [0.3, 0.4) is 0 Å². The maximum absolute atomic E-state index is 11.8. The lowest BCUT2D eigenvalue weighted by atomic mass is 10.1. The van der Waals surface area contributed by atoms with Gasteiger partial charge in [-0.2, -0.15) is 0 Å². The monoisotopic (exact) mass is 282 g/mol. The number of nitrogens with one attached hydrogen (secondary N) is 1. The Hall–Kier alpha value is -2.42. The molecule has 9 nitrogen and oxygen atoms in total. The van der Waals surface area contributed by atoms with Crippen LogP contribution in [0, 0.1) is 15.5 Å². The fourth-order valence-electron chi connectivity index (χ4n) is 1.71. The molecule has 0 aliphatic heterocycles. The molecule has 0 unspecified atom stereocenters. The molecule has 20 heavy (non-hydrogen) atoms. The summed E-state index contributed by atoms with van der Waals surface area (Å²) < 4.78 is 1.41. The van der Waals surface area contributed by atoms with Gasteiger partial charge in [0.2, 0.25) is 5.91 Å². The highest BCUT2D eigenvalue weighted by atomic mass is 16.7. The van der Waals surface area contributed by atoms with Gasteiger partial charge in [0.05, 0.1) is 12.6 Å². The summed E-state index contributed by atoms with van der Waals surface area (Å²) in [5.41, 5.74) is 10.8. The summed E-state index contributed by atoms with van der Waals surface area (Å²) >= 11 is 0. The number of carbonyl (C=O) groups excluding carboxylic acids is 1. The zero-order valence-corrected chi connectivity index (χ0v) is 10.9. The molecular formula is C11H18N6O3. The van der Waals surface area contributed by atoms with Gasteiger partial charge >= 0.3 is 0 Å². The van der Waals surface area contributed by atoms with E-state index in [9.17, 15) is 14.9 Å². The van der Waals surface area contributed by atoms with Gasteiger partial charge in [0.25, 0.3) is 5.96 Å². The predicted molar refractivity (Wildman–Crippen MR) is 72.5 cm³/mol. The van der Waals surface area contributed by atoms with Gasteiger partial charge in [0.1, 0.15) is 0 Å². The van der Waals surface area contributed by atoms with Crippen molar-refractivity contribution >= 4 is 11.9 Å². The molecule has 0 radical (unpaired) electrons. The van der Waals surface area contributed by atoms with Gasteiger partial charge in [-0.1, -0.05) is 5.01 Å². The SMILES string of the molecule is N=C(N)N(CCCC[C@H](N)C(=O)n1cccc1)[N+](=O)[O-]. The molecule has 1 rings (SSSR count). The van der Waals surface area contributed by atoms with Crippen molar-refractivity contribution in [3.05, 3.63) is 34.6 Å². The first-order valence-electron chi connectivity index (χ1n) is 6.12. The van der Waals surface area contributed by atoms with Crippen LogP contribution in [-0.2, 0) is 0 Å². The molecule has 5 N–H and O–H groups in total. The maximum Gasteiger partial charge on any atom is 0.251 e. The average Bonchev–Trinajstić information content (AvgIpc) is 2.90. The molecule has 1 aromatic rings. The first-order valence-corrected chi connectivity index (χ1v) is 6.12. The number of carbonyl (C=O) groups is 1. The Morgan fingerprint density at radius 1 is 1.40 bits per heavy atom. The van der Waals surface area contributed by atoms with E-state index in [4.69, 9.17) is 16.9 Å². The van der Waals surface area contributed by atoms with Crippen molar-refractivity contribution in [1.82, 2.24) is 9.58 Å². The predicted octanol–water partition coefficient (Wildman–Crippen LogP) is 0.0131. The van der Waals surface area contributed by atoms with Gasteiger partial charge in [-0.15, -0.1) is 0 Å². The minimum Gasteiger partial charge on any atom is -0.365 e. The highest BCUT2D eigenvalue weighted by Gasteiger charge is 2.18. The number of nitrogens with two attached hydrogens (primary N) is 2. The Morgan fingerprint density at radius 3 is 2.50 bits per heavy atom. The lowest BCUT2D eigenvalue weighted by Crippen LogP contribution is -2.41. The van der Waals surface area contributed by atoms with Crippen molar-refractivity contribution in [2.75, 3.05) is 6.54 Å². The number of nitro groups is 1. The van der Waals surface area contributed by atoms with Crippen LogP contribution in [0.15, 0.2) is 24.5 Å². The summed E-state index contributed by atoms with van der Waals surface area (Å²) in [7, 11) is 0. The van der Waals surface area contributed by atoms with Crippen molar-refractivity contribution < 1.29 is 9.83 Å². The van der Waals surface area contributed by atoms with Crippen LogP contribution in [0.5, 0.6) is 0 Å². The number of guanidine groups is 1. The molecule has 0 saturated carbocycles. The topological polar surface area (TPSA) is 144 Å². The van der Waals surface area contributed by atoms with E-state index in [2.05, 4.69) is 0 Å². The van der Waals surface area contributed by atoms with E-state index < -0.39 is 17.0 Å². The summed E-state index contributed by atoms with van der Waals surface area (Å²) in [5, 5.41) is 17.4. The highest BCUT2D eigenvalue weighted by molar-refractivity contribution is 5.84. The number of unbranched alkanes of at least 4 members (excludes halogenated alkanes) is 1. The summed E-state index contributed by atoms with van der Waals surface area (Å²) in [5.74, 6) is -0.824. The molecule has 0 aromatic carbocycles. The Labute approximate surface area is 115 Å². The molecule has 1 heterocycles. The standard InChI is InChI=1S/C11H18N6O3/c12-9(10(18)15-6-3-4-7-15)5-1-2-8-16(11(13)14)17(19)20/h3-4,6-7,9H,1-2,5,8,12H2,(H3,13,14)/t9-/m0/s1. The number of hydrazine groups is 1. The molecule has 0 aliphatic rings. The van der Waals surface area contributed by atoms with Crippen molar-refractivity contribution in [1.29, 1.82) is 5.41 Å². The van der Waals surface area contributed by atoms with Crippen molar-refractivity contribution in [3.8, 4) is 0 Å². The van der Waals surface area contributed by atoms with Gasteiger partial charge in [0, 0.05) is 12.4 Å². The largest absolute Gasteiger partial charge is 0.365 e. The fourth-order valence-corrected chi connectivity index (χ4v) is 1.71. The maximum atomic E-state index is 11.8. The van der Waals surface area contributed by atoms with Gasteiger partial charge < -0.3 is 11.5 Å². The molecule has 0 spiro atoms. The summed E-state index contributed by atoms with van der Waals surface area (Å²) in [6, 6.07) is 2.81. The van der Waals surface area contributed by atoms with E-state index >= 15 is 0 Å². The van der Waals surface area contributed by atoms with Crippen LogP contribution in [0.4, 0.5) is 0 Å². The number of aromatic nitrogens is 1. The molecule has 9 heteroatoms. The summed E-state index contributed by atoms with van der Waals surface area (Å²) in [6.07, 6.45) is 4.61. The highest BCUT2D eigenvalue weighted by Crippen LogP contribution is 2.04. The van der Waals surface area contributed by atoms with Gasteiger partial charge in [-0.3, -0.25) is 14.8 Å². The van der Waals surface area contributed by atoms with Crippen LogP contribution in [0.1, 0.15) is 24.1 Å². The van der Waals surface area contributed by atoms with Crippen LogP contribution < -0.4 is 11.5 Å². The zero-order chi connectivity index (χ0) is 15.1. The molecular weight excluding hydrogens is 264 g/mol. The van der Waals surface area contributed by atoms with Crippen LogP contribution in [0.2, 0.25) is 0 Å². The summed E-state index contributed by atoms with van der Waals surface area (Å²) in [6.45, 7) is 0.0206. The molecule has 110 valence electrons. The third-order valence-corrected chi connectivity index (χ3v) is 2.79. The fraction of sp³-hybridized carbons (Fsp3) is 0.455. The van der Waals surface area contributed by atoms with Crippen molar-refractivity contribution in [2.45, 2.75) is 25.3 Å². The van der Waals surface area contributed by atoms with E-state index in [0.29, 0.717) is 24.3 Å². The number of hydrogen-bond donors (Lipinski definition) is 3. The quantitative estimate of drug-likeness (QED) is 0.211. The Kier molecular flexibility index (Phi) is 5.66. The first kappa shape index (κ1) is 15.6. The van der Waals surface area contributed by atoms with Crippen LogP contribution >= 0.6 is 0 Å². The van der Waals surface area contributed by atoms with Crippen molar-refractivity contribution in [3.63, 3.8) is 0 Å². The smallest absolute Gasteiger partial charge is 0.251 e. The van der Waals surface area contributed by atoms with Gasteiger partial charge in [-0.25, -0.2) is 10.1 Å². The minimum atomic E-state index is -0.729. The second-order valence-electron chi connectivity index (χ2n) is 4.28. The molecule has 0 fully saturated rings. The van der Waals surface area contributed by atoms with E-state index in [1.807, 2.05) is 0 Å². The molecule has 0 saturated heterocycles. The number of hydrogen-bond acceptors (Lipinski definition) is 5. The molecule has 1 atom stereocenters. The second kappa shape index (κ2) is 7.24. The van der Waals surface area contributed by atoms with Gasteiger partial charge in [0.15, 0.2) is 5.03 Å². The van der Waals surface area contributed by atoms with E-state index in [1.54, 1.807) is 24.5 Å². The Balaban J connectivity index is 2.32. The Bertz CT molecular complexity index is 459. The normalized spacial score (nSPS) is 11.8. The van der Waals surface area contributed by atoms with Crippen LogP contribution in [0.25, 0.3) is 0 Å². The average molecular weight is 282 g/mol. The van der Waals surface area contributed by atoms with Crippen LogP contribution in [-0.4, -0.2) is 39.1 Å².